The minimum Gasteiger partial charge on any atom is -0.497 e. The number of aromatic nitrogens is 1. The Labute approximate surface area is 153 Å². The van der Waals surface area contributed by atoms with Gasteiger partial charge in [-0.3, -0.25) is 4.79 Å². The molecule has 0 aliphatic heterocycles. The molecule has 0 radical (unpaired) electrons. The number of ether oxygens (including phenoxy) is 1. The summed E-state index contributed by atoms with van der Waals surface area (Å²) in [4.78, 5) is 15.3. The van der Waals surface area contributed by atoms with Crippen molar-refractivity contribution in [3.05, 3.63) is 52.6 Å². The number of carboxylic acid groups (broad SMARTS) is 1. The van der Waals surface area contributed by atoms with Crippen LogP contribution in [-0.2, 0) is 4.79 Å². The molecule has 0 spiro atoms. The van der Waals surface area contributed by atoms with Gasteiger partial charge in [-0.15, -0.1) is 0 Å². The van der Waals surface area contributed by atoms with E-state index in [1.165, 1.54) is 0 Å². The van der Waals surface area contributed by atoms with E-state index in [4.69, 9.17) is 22.1 Å². The molecule has 0 saturated heterocycles. The second-order valence-corrected chi connectivity index (χ2v) is 6.21. The Bertz CT molecular complexity index is 725. The lowest BCUT2D eigenvalue weighted by atomic mass is 10.0. The number of thiocarbonyl (C=S) groups is 1. The van der Waals surface area contributed by atoms with Crippen molar-refractivity contribution in [2.45, 2.75) is 12.5 Å². The van der Waals surface area contributed by atoms with Crippen molar-refractivity contribution in [1.82, 2.24) is 10.3 Å². The molecular formula is C16H16BrN3O3S. The highest BCUT2D eigenvalue weighted by Crippen LogP contribution is 2.22. The van der Waals surface area contributed by atoms with Gasteiger partial charge in [-0.05, 0) is 58.0 Å². The molecule has 8 heteroatoms. The van der Waals surface area contributed by atoms with Gasteiger partial charge >= 0.3 is 5.97 Å². The van der Waals surface area contributed by atoms with E-state index in [2.05, 4.69) is 31.5 Å². The largest absolute Gasteiger partial charge is 0.497 e. The van der Waals surface area contributed by atoms with Crippen molar-refractivity contribution >= 4 is 45.0 Å². The number of benzene rings is 1. The van der Waals surface area contributed by atoms with Crippen molar-refractivity contribution in [1.29, 1.82) is 0 Å². The van der Waals surface area contributed by atoms with E-state index in [9.17, 15) is 4.79 Å². The number of hydrogen-bond donors (Lipinski definition) is 3. The fourth-order valence-corrected chi connectivity index (χ4v) is 2.53. The smallest absolute Gasteiger partial charge is 0.305 e. The average Bonchev–Trinajstić information content (AvgIpc) is 2.56. The van der Waals surface area contributed by atoms with Gasteiger partial charge in [0, 0.05) is 10.7 Å². The predicted octanol–water partition coefficient (Wildman–Crippen LogP) is 3.36. The summed E-state index contributed by atoms with van der Waals surface area (Å²) in [6.45, 7) is 0. The standard InChI is InChI=1S/C16H16BrN3O3S/c1-23-12-4-2-3-10(7-12)13(8-15(21)22)19-16(24)20-14-6-5-11(17)9-18-14/h2-7,9,13H,8H2,1H3,(H,21,22)(H2,18,19,20,24)/t13-/m0/s1. The third-order valence-corrected chi connectivity index (χ3v) is 3.84. The molecule has 2 rings (SSSR count). The molecule has 0 unspecified atom stereocenters. The number of nitrogens with zero attached hydrogens (tertiary/aromatic N) is 1. The summed E-state index contributed by atoms with van der Waals surface area (Å²) in [7, 11) is 1.56. The van der Waals surface area contributed by atoms with Gasteiger partial charge in [-0.1, -0.05) is 12.1 Å². The number of pyridine rings is 1. The molecule has 1 aromatic carbocycles. The summed E-state index contributed by atoms with van der Waals surface area (Å²) < 4.78 is 6.04. The highest BCUT2D eigenvalue weighted by molar-refractivity contribution is 9.10. The van der Waals surface area contributed by atoms with E-state index >= 15 is 0 Å². The lowest BCUT2D eigenvalue weighted by Gasteiger charge is -2.20. The molecule has 1 heterocycles. The van der Waals surface area contributed by atoms with Crippen LogP contribution in [0, 0.1) is 0 Å². The number of carbonyl (C=O) groups is 1. The van der Waals surface area contributed by atoms with Crippen LogP contribution in [0.4, 0.5) is 5.82 Å². The number of rotatable bonds is 6. The van der Waals surface area contributed by atoms with Crippen molar-refractivity contribution < 1.29 is 14.6 Å². The van der Waals surface area contributed by atoms with Crippen LogP contribution in [0.25, 0.3) is 0 Å². The predicted molar refractivity (Wildman–Crippen MR) is 99.3 cm³/mol. The Morgan fingerprint density at radius 1 is 1.42 bits per heavy atom. The zero-order valence-corrected chi connectivity index (χ0v) is 15.2. The summed E-state index contributed by atoms with van der Waals surface area (Å²) in [5.41, 5.74) is 0.768. The van der Waals surface area contributed by atoms with Gasteiger partial charge in [0.05, 0.1) is 19.6 Å². The van der Waals surface area contributed by atoms with Crippen LogP contribution in [0.5, 0.6) is 5.75 Å². The number of carboxylic acids is 1. The van der Waals surface area contributed by atoms with Gasteiger partial charge in [-0.25, -0.2) is 4.98 Å². The Morgan fingerprint density at radius 3 is 2.83 bits per heavy atom. The monoisotopic (exact) mass is 409 g/mol. The Hall–Kier alpha value is -2.19. The van der Waals surface area contributed by atoms with E-state index in [1.54, 1.807) is 37.6 Å². The molecular weight excluding hydrogens is 394 g/mol. The van der Waals surface area contributed by atoms with Gasteiger partial charge in [0.25, 0.3) is 0 Å². The summed E-state index contributed by atoms with van der Waals surface area (Å²) in [6, 6.07) is 10.3. The van der Waals surface area contributed by atoms with Crippen LogP contribution in [0.2, 0.25) is 0 Å². The third-order valence-electron chi connectivity index (χ3n) is 3.15. The summed E-state index contributed by atoms with van der Waals surface area (Å²) in [5.74, 6) is 0.286. The number of aliphatic carboxylic acids is 1. The van der Waals surface area contributed by atoms with Crippen LogP contribution >= 0.6 is 28.1 Å². The first-order chi connectivity index (χ1) is 11.5. The number of nitrogens with one attached hydrogen (secondary N) is 2. The molecule has 126 valence electrons. The van der Waals surface area contributed by atoms with Crippen LogP contribution in [-0.4, -0.2) is 28.3 Å². The molecule has 6 nitrogen and oxygen atoms in total. The zero-order valence-electron chi connectivity index (χ0n) is 12.8. The molecule has 0 fully saturated rings. The first kappa shape index (κ1) is 18.2. The fourth-order valence-electron chi connectivity index (χ4n) is 2.05. The lowest BCUT2D eigenvalue weighted by Crippen LogP contribution is -2.33. The molecule has 1 atom stereocenters. The molecule has 0 saturated carbocycles. The SMILES string of the molecule is COc1cccc([C@H](CC(=O)O)NC(=S)Nc2ccc(Br)cn2)c1. The molecule has 0 bridgehead atoms. The van der Waals surface area contributed by atoms with E-state index in [1.807, 2.05) is 12.1 Å². The number of anilines is 1. The Balaban J connectivity index is 2.11. The number of hydrogen-bond acceptors (Lipinski definition) is 4. The second kappa shape index (κ2) is 8.60. The maximum atomic E-state index is 11.2. The van der Waals surface area contributed by atoms with E-state index < -0.39 is 12.0 Å². The first-order valence-corrected chi connectivity index (χ1v) is 8.23. The highest BCUT2D eigenvalue weighted by Gasteiger charge is 2.17. The van der Waals surface area contributed by atoms with Crippen LogP contribution < -0.4 is 15.4 Å². The number of halogens is 1. The summed E-state index contributed by atoms with van der Waals surface area (Å²) >= 11 is 8.57. The Morgan fingerprint density at radius 2 is 2.21 bits per heavy atom. The van der Waals surface area contributed by atoms with E-state index in [0.717, 1.165) is 10.0 Å². The quantitative estimate of drug-likeness (QED) is 0.630. The van der Waals surface area contributed by atoms with E-state index in [0.29, 0.717) is 16.7 Å². The average molecular weight is 410 g/mol. The van der Waals surface area contributed by atoms with Gasteiger partial charge in [0.1, 0.15) is 11.6 Å². The van der Waals surface area contributed by atoms with Crippen LogP contribution in [0.1, 0.15) is 18.0 Å². The van der Waals surface area contributed by atoms with Gasteiger partial charge < -0.3 is 20.5 Å². The van der Waals surface area contributed by atoms with Gasteiger partial charge in [0.2, 0.25) is 0 Å². The minimum atomic E-state index is -0.931. The van der Waals surface area contributed by atoms with E-state index in [-0.39, 0.29) is 6.42 Å². The van der Waals surface area contributed by atoms with Crippen molar-refractivity contribution in [2.24, 2.45) is 0 Å². The Kier molecular flexibility index (Phi) is 6.51. The molecule has 1 aromatic heterocycles. The molecule has 2 aromatic rings. The fraction of sp³-hybridized carbons (Fsp3) is 0.188. The van der Waals surface area contributed by atoms with Crippen molar-refractivity contribution in [3.63, 3.8) is 0 Å². The van der Waals surface area contributed by atoms with Crippen molar-refractivity contribution in [2.75, 3.05) is 12.4 Å². The first-order valence-electron chi connectivity index (χ1n) is 7.02. The normalized spacial score (nSPS) is 11.4. The summed E-state index contributed by atoms with van der Waals surface area (Å²) in [6.07, 6.45) is 1.52. The maximum Gasteiger partial charge on any atom is 0.305 e. The lowest BCUT2D eigenvalue weighted by molar-refractivity contribution is -0.137. The third kappa shape index (κ3) is 5.47. The molecule has 0 amide bonds. The minimum absolute atomic E-state index is 0.122. The molecule has 0 aliphatic carbocycles. The van der Waals surface area contributed by atoms with Crippen LogP contribution in [0.15, 0.2) is 47.1 Å². The molecule has 3 N–H and O–H groups in total. The summed E-state index contributed by atoms with van der Waals surface area (Å²) in [5, 5.41) is 15.4. The molecule has 24 heavy (non-hydrogen) atoms. The van der Waals surface area contributed by atoms with Crippen LogP contribution in [0.3, 0.4) is 0 Å². The second-order valence-electron chi connectivity index (χ2n) is 4.89. The van der Waals surface area contributed by atoms with Gasteiger partial charge in [-0.2, -0.15) is 0 Å². The topological polar surface area (TPSA) is 83.5 Å². The van der Waals surface area contributed by atoms with Crippen molar-refractivity contribution in [3.8, 4) is 5.75 Å². The maximum absolute atomic E-state index is 11.2. The zero-order chi connectivity index (χ0) is 17.5. The van der Waals surface area contributed by atoms with Gasteiger partial charge in [0.15, 0.2) is 5.11 Å². The number of methoxy groups -OCH3 is 1. The highest BCUT2D eigenvalue weighted by atomic mass is 79.9. The molecule has 0 aliphatic rings.